The van der Waals surface area contributed by atoms with E-state index in [-0.39, 0.29) is 11.5 Å². The van der Waals surface area contributed by atoms with E-state index in [9.17, 15) is 9.59 Å². The Morgan fingerprint density at radius 3 is 2.42 bits per heavy atom. The summed E-state index contributed by atoms with van der Waals surface area (Å²) in [6.07, 6.45) is 0.758. The number of aromatic nitrogens is 2. The molecule has 134 valence electrons. The molecule has 0 saturated carbocycles. The summed E-state index contributed by atoms with van der Waals surface area (Å²) < 4.78 is 1.59. The molecule has 0 saturated heterocycles. The van der Waals surface area contributed by atoms with Gasteiger partial charge in [0, 0.05) is 11.1 Å². The lowest BCUT2D eigenvalue weighted by atomic mass is 9.89. The SMILES string of the molecule is CCC(C)(C)C(=O)Nc1ccc(-n2c(C)nc3ccccc3c2=O)cc1. The minimum atomic E-state index is -0.422. The summed E-state index contributed by atoms with van der Waals surface area (Å²) in [6.45, 7) is 7.64. The number of nitrogens with zero attached hydrogens (tertiary/aromatic N) is 2. The van der Waals surface area contributed by atoms with Crippen LogP contribution < -0.4 is 10.9 Å². The highest BCUT2D eigenvalue weighted by Crippen LogP contribution is 2.23. The summed E-state index contributed by atoms with van der Waals surface area (Å²) in [4.78, 5) is 29.7. The lowest BCUT2D eigenvalue weighted by Gasteiger charge is -2.21. The largest absolute Gasteiger partial charge is 0.326 e. The molecular formula is C21H23N3O2. The zero-order chi connectivity index (χ0) is 18.9. The minimum Gasteiger partial charge on any atom is -0.326 e. The molecule has 0 bridgehead atoms. The van der Waals surface area contributed by atoms with Crippen molar-refractivity contribution in [1.82, 2.24) is 9.55 Å². The van der Waals surface area contributed by atoms with Crippen LogP contribution in [0.4, 0.5) is 5.69 Å². The second-order valence-corrected chi connectivity index (χ2v) is 7.06. The smallest absolute Gasteiger partial charge is 0.265 e. The van der Waals surface area contributed by atoms with Crippen molar-refractivity contribution >= 4 is 22.5 Å². The third kappa shape index (κ3) is 3.25. The number of hydrogen-bond acceptors (Lipinski definition) is 3. The van der Waals surface area contributed by atoms with Gasteiger partial charge in [-0.25, -0.2) is 4.98 Å². The quantitative estimate of drug-likeness (QED) is 0.772. The molecule has 0 aliphatic heterocycles. The Bertz CT molecular complexity index is 1020. The topological polar surface area (TPSA) is 64.0 Å². The molecule has 1 N–H and O–H groups in total. The molecule has 3 rings (SSSR count). The van der Waals surface area contributed by atoms with E-state index in [0.717, 1.165) is 12.1 Å². The van der Waals surface area contributed by atoms with E-state index >= 15 is 0 Å². The van der Waals surface area contributed by atoms with Gasteiger partial charge in [-0.3, -0.25) is 14.2 Å². The summed E-state index contributed by atoms with van der Waals surface area (Å²) in [5.74, 6) is 0.603. The van der Waals surface area contributed by atoms with Crippen LogP contribution in [-0.4, -0.2) is 15.5 Å². The molecule has 1 aromatic heterocycles. The third-order valence-electron chi connectivity index (χ3n) is 4.83. The summed E-state index contributed by atoms with van der Waals surface area (Å²) in [5, 5.41) is 3.51. The Labute approximate surface area is 152 Å². The van der Waals surface area contributed by atoms with E-state index in [0.29, 0.717) is 22.4 Å². The van der Waals surface area contributed by atoms with Gasteiger partial charge in [-0.05, 0) is 49.7 Å². The number of benzene rings is 2. The van der Waals surface area contributed by atoms with Gasteiger partial charge in [-0.15, -0.1) is 0 Å². The van der Waals surface area contributed by atoms with Gasteiger partial charge in [0.2, 0.25) is 5.91 Å². The summed E-state index contributed by atoms with van der Waals surface area (Å²) in [5.41, 5.74) is 1.60. The number of para-hydroxylation sites is 1. The first-order chi connectivity index (χ1) is 12.3. The predicted molar refractivity (Wildman–Crippen MR) is 105 cm³/mol. The maximum Gasteiger partial charge on any atom is 0.265 e. The van der Waals surface area contributed by atoms with Crippen LogP contribution in [0.1, 0.15) is 33.0 Å². The molecule has 0 atom stereocenters. The lowest BCUT2D eigenvalue weighted by molar-refractivity contribution is -0.124. The molecular weight excluding hydrogens is 326 g/mol. The normalized spacial score (nSPS) is 11.5. The molecule has 0 radical (unpaired) electrons. The molecule has 0 fully saturated rings. The van der Waals surface area contributed by atoms with Gasteiger partial charge in [-0.1, -0.05) is 32.9 Å². The van der Waals surface area contributed by atoms with Gasteiger partial charge >= 0.3 is 0 Å². The van der Waals surface area contributed by atoms with Crippen molar-refractivity contribution in [1.29, 1.82) is 0 Å². The average molecular weight is 349 g/mol. The van der Waals surface area contributed by atoms with E-state index in [1.165, 1.54) is 0 Å². The summed E-state index contributed by atoms with van der Waals surface area (Å²) in [7, 11) is 0. The van der Waals surface area contributed by atoms with E-state index in [2.05, 4.69) is 10.3 Å². The molecule has 0 unspecified atom stereocenters. The number of carbonyl (C=O) groups excluding carboxylic acids is 1. The monoisotopic (exact) mass is 349 g/mol. The fourth-order valence-electron chi connectivity index (χ4n) is 2.70. The number of anilines is 1. The van der Waals surface area contributed by atoms with Gasteiger partial charge in [0.1, 0.15) is 5.82 Å². The van der Waals surface area contributed by atoms with Gasteiger partial charge in [0.15, 0.2) is 0 Å². The second-order valence-electron chi connectivity index (χ2n) is 7.06. The molecule has 26 heavy (non-hydrogen) atoms. The van der Waals surface area contributed by atoms with E-state index in [1.807, 2.05) is 58.0 Å². The van der Waals surface area contributed by atoms with Crippen LogP contribution in [0.2, 0.25) is 0 Å². The predicted octanol–water partition coefficient (Wildman–Crippen LogP) is 4.07. The van der Waals surface area contributed by atoms with Crippen molar-refractivity contribution in [3.63, 3.8) is 0 Å². The molecule has 0 aliphatic rings. The highest BCUT2D eigenvalue weighted by molar-refractivity contribution is 5.94. The average Bonchev–Trinajstić information content (AvgIpc) is 2.63. The van der Waals surface area contributed by atoms with Crippen LogP contribution >= 0.6 is 0 Å². The number of aryl methyl sites for hydroxylation is 1. The molecule has 1 amide bonds. The number of fused-ring (bicyclic) bond motifs is 1. The fourth-order valence-corrected chi connectivity index (χ4v) is 2.70. The number of nitrogens with one attached hydrogen (secondary N) is 1. The molecule has 5 nitrogen and oxygen atoms in total. The van der Waals surface area contributed by atoms with Crippen LogP contribution in [0.3, 0.4) is 0 Å². The Morgan fingerprint density at radius 1 is 1.12 bits per heavy atom. The van der Waals surface area contributed by atoms with Crippen molar-refractivity contribution in [2.24, 2.45) is 5.41 Å². The van der Waals surface area contributed by atoms with Crippen molar-refractivity contribution in [3.8, 4) is 5.69 Å². The van der Waals surface area contributed by atoms with Crippen LogP contribution in [-0.2, 0) is 4.79 Å². The van der Waals surface area contributed by atoms with E-state index in [1.54, 1.807) is 22.8 Å². The van der Waals surface area contributed by atoms with E-state index in [4.69, 9.17) is 0 Å². The highest BCUT2D eigenvalue weighted by Gasteiger charge is 2.25. The zero-order valence-electron chi connectivity index (χ0n) is 15.5. The molecule has 5 heteroatoms. The Kier molecular flexibility index (Phi) is 4.64. The second kappa shape index (κ2) is 6.75. The fraction of sp³-hybridized carbons (Fsp3) is 0.286. The van der Waals surface area contributed by atoms with Gasteiger partial charge in [0.05, 0.1) is 16.6 Å². The first-order valence-corrected chi connectivity index (χ1v) is 8.74. The Balaban J connectivity index is 1.96. The number of amides is 1. The van der Waals surface area contributed by atoms with Crippen molar-refractivity contribution in [2.75, 3.05) is 5.32 Å². The molecule has 0 spiro atoms. The zero-order valence-corrected chi connectivity index (χ0v) is 15.5. The molecule has 1 heterocycles. The molecule has 0 aliphatic carbocycles. The number of hydrogen-bond donors (Lipinski definition) is 1. The number of rotatable bonds is 4. The highest BCUT2D eigenvalue weighted by atomic mass is 16.2. The Hall–Kier alpha value is -2.95. The first kappa shape index (κ1) is 17.9. The first-order valence-electron chi connectivity index (χ1n) is 8.74. The maximum absolute atomic E-state index is 12.8. The van der Waals surface area contributed by atoms with Gasteiger partial charge in [0.25, 0.3) is 5.56 Å². The van der Waals surface area contributed by atoms with Crippen LogP contribution in [0.25, 0.3) is 16.6 Å². The third-order valence-corrected chi connectivity index (χ3v) is 4.83. The van der Waals surface area contributed by atoms with Crippen LogP contribution in [0.15, 0.2) is 53.3 Å². The van der Waals surface area contributed by atoms with Gasteiger partial charge in [-0.2, -0.15) is 0 Å². The summed E-state index contributed by atoms with van der Waals surface area (Å²) >= 11 is 0. The number of carbonyl (C=O) groups is 1. The van der Waals surface area contributed by atoms with Crippen LogP contribution in [0, 0.1) is 12.3 Å². The van der Waals surface area contributed by atoms with Crippen molar-refractivity contribution < 1.29 is 4.79 Å². The molecule has 2 aromatic carbocycles. The summed E-state index contributed by atoms with van der Waals surface area (Å²) in [6, 6.07) is 14.6. The van der Waals surface area contributed by atoms with Crippen molar-refractivity contribution in [2.45, 2.75) is 34.1 Å². The minimum absolute atomic E-state index is 0.0199. The van der Waals surface area contributed by atoms with E-state index < -0.39 is 5.41 Å². The van der Waals surface area contributed by atoms with Crippen LogP contribution in [0.5, 0.6) is 0 Å². The van der Waals surface area contributed by atoms with Crippen molar-refractivity contribution in [3.05, 3.63) is 64.7 Å². The Morgan fingerprint density at radius 2 is 1.77 bits per heavy atom. The standard InChI is InChI=1S/C21H23N3O2/c1-5-21(3,4)20(26)23-15-10-12-16(13-11-15)24-14(2)22-18-9-7-6-8-17(18)19(24)25/h6-13H,5H2,1-4H3,(H,23,26). The van der Waals surface area contributed by atoms with Gasteiger partial charge < -0.3 is 5.32 Å². The maximum atomic E-state index is 12.8. The molecule has 3 aromatic rings. The lowest BCUT2D eigenvalue weighted by Crippen LogP contribution is -2.30.